The van der Waals surface area contributed by atoms with Crippen LogP contribution in [0.1, 0.15) is 10.4 Å². The molecule has 0 bridgehead atoms. The molecule has 5 heteroatoms. The van der Waals surface area contributed by atoms with Crippen molar-refractivity contribution in [3.05, 3.63) is 35.6 Å². The molecule has 0 aliphatic heterocycles. The van der Waals surface area contributed by atoms with E-state index in [1.807, 2.05) is 0 Å². The minimum absolute atomic E-state index is 0.235. The van der Waals surface area contributed by atoms with Gasteiger partial charge in [-0.1, -0.05) is 0 Å². The Hall–Kier alpha value is -1.91. The number of nitrogens with zero attached hydrogens (tertiary/aromatic N) is 1. The maximum Gasteiger partial charge on any atom is 0.407 e. The summed E-state index contributed by atoms with van der Waals surface area (Å²) in [5.41, 5.74) is 0.296. The lowest BCUT2D eigenvalue weighted by Crippen LogP contribution is -2.30. The van der Waals surface area contributed by atoms with E-state index in [0.29, 0.717) is 5.56 Å². The Kier molecular flexibility index (Phi) is 3.38. The summed E-state index contributed by atoms with van der Waals surface area (Å²) in [4.78, 5) is 22.7. The van der Waals surface area contributed by atoms with Gasteiger partial charge in [0.1, 0.15) is 5.82 Å². The predicted octanol–water partition coefficient (Wildman–Crippen LogP) is 1.62. The lowest BCUT2D eigenvalue weighted by molar-refractivity contribution is 0.0929. The maximum atomic E-state index is 12.5. The molecule has 0 spiro atoms. The number of hydrogen-bond donors (Lipinski definition) is 1. The van der Waals surface area contributed by atoms with Gasteiger partial charge in [-0.15, -0.1) is 0 Å². The molecule has 0 aliphatic rings. The van der Waals surface area contributed by atoms with Crippen LogP contribution < -0.4 is 0 Å². The quantitative estimate of drug-likeness (QED) is 0.773. The maximum absolute atomic E-state index is 12.5. The number of rotatable bonds is 3. The van der Waals surface area contributed by atoms with Crippen LogP contribution in [0.25, 0.3) is 0 Å². The normalized spacial score (nSPS) is 9.73. The summed E-state index contributed by atoms with van der Waals surface area (Å²) in [5.74, 6) is -0.793. The first-order valence-corrected chi connectivity index (χ1v) is 4.23. The van der Waals surface area contributed by atoms with Gasteiger partial charge in [0.2, 0.25) is 0 Å². The van der Waals surface area contributed by atoms with Crippen molar-refractivity contribution >= 4 is 11.9 Å². The first-order chi connectivity index (χ1) is 7.00. The van der Waals surface area contributed by atoms with Gasteiger partial charge in [-0.3, -0.25) is 4.79 Å². The molecule has 0 saturated carbocycles. The molecule has 1 amide bonds. The number of carbonyl (C=O) groups excluding carboxylic acids is 1. The number of ketones is 1. The third-order valence-corrected chi connectivity index (χ3v) is 1.87. The van der Waals surface area contributed by atoms with E-state index in [-0.39, 0.29) is 12.3 Å². The average Bonchev–Trinajstić information content (AvgIpc) is 2.18. The van der Waals surface area contributed by atoms with Crippen LogP contribution >= 0.6 is 0 Å². The Labute approximate surface area is 85.9 Å². The van der Waals surface area contributed by atoms with Crippen LogP contribution in [-0.2, 0) is 0 Å². The SMILES string of the molecule is CN(CC(=O)c1ccc(F)cc1)C(=O)O. The molecule has 0 heterocycles. The first kappa shape index (κ1) is 11.2. The fourth-order valence-corrected chi connectivity index (χ4v) is 1.01. The Morgan fingerprint density at radius 3 is 2.33 bits per heavy atom. The molecule has 0 unspecified atom stereocenters. The number of Topliss-reactive ketones (excluding diaryl/α,β-unsaturated/α-hetero) is 1. The Bertz CT molecular complexity index is 375. The molecular weight excluding hydrogens is 201 g/mol. The van der Waals surface area contributed by atoms with Crippen molar-refractivity contribution in [2.75, 3.05) is 13.6 Å². The van der Waals surface area contributed by atoms with Crippen LogP contribution in [0.2, 0.25) is 0 Å². The molecule has 80 valence electrons. The summed E-state index contributed by atoms with van der Waals surface area (Å²) >= 11 is 0. The van der Waals surface area contributed by atoms with Crippen LogP contribution in [-0.4, -0.2) is 35.5 Å². The fraction of sp³-hybridized carbons (Fsp3) is 0.200. The number of halogens is 1. The molecular formula is C10H10FNO3. The average molecular weight is 211 g/mol. The predicted molar refractivity (Wildman–Crippen MR) is 51.4 cm³/mol. The van der Waals surface area contributed by atoms with E-state index in [1.54, 1.807) is 0 Å². The van der Waals surface area contributed by atoms with E-state index in [9.17, 15) is 14.0 Å². The van der Waals surface area contributed by atoms with Gasteiger partial charge in [-0.25, -0.2) is 9.18 Å². The van der Waals surface area contributed by atoms with Crippen molar-refractivity contribution in [1.29, 1.82) is 0 Å². The summed E-state index contributed by atoms with van der Waals surface area (Å²) in [5, 5.41) is 8.54. The second-order valence-electron chi connectivity index (χ2n) is 3.07. The minimum Gasteiger partial charge on any atom is -0.465 e. The van der Waals surface area contributed by atoms with Gasteiger partial charge in [0.15, 0.2) is 5.78 Å². The van der Waals surface area contributed by atoms with Crippen molar-refractivity contribution in [2.45, 2.75) is 0 Å². The molecule has 0 atom stereocenters. The third kappa shape index (κ3) is 3.05. The van der Waals surface area contributed by atoms with Gasteiger partial charge in [0.05, 0.1) is 6.54 Å². The zero-order chi connectivity index (χ0) is 11.4. The van der Waals surface area contributed by atoms with E-state index in [2.05, 4.69) is 0 Å². The molecule has 0 radical (unpaired) electrons. The minimum atomic E-state index is -1.18. The number of benzene rings is 1. The Morgan fingerprint density at radius 1 is 1.33 bits per heavy atom. The molecule has 0 saturated heterocycles. The highest BCUT2D eigenvalue weighted by Crippen LogP contribution is 2.04. The highest BCUT2D eigenvalue weighted by Gasteiger charge is 2.12. The van der Waals surface area contributed by atoms with E-state index in [4.69, 9.17) is 5.11 Å². The smallest absolute Gasteiger partial charge is 0.407 e. The summed E-state index contributed by atoms with van der Waals surface area (Å²) in [6, 6.07) is 4.97. The number of carbonyl (C=O) groups is 2. The molecule has 0 fully saturated rings. The topological polar surface area (TPSA) is 57.6 Å². The summed E-state index contributed by atoms with van der Waals surface area (Å²) in [6.07, 6.45) is -1.18. The highest BCUT2D eigenvalue weighted by atomic mass is 19.1. The van der Waals surface area contributed by atoms with E-state index in [1.165, 1.54) is 19.2 Å². The molecule has 15 heavy (non-hydrogen) atoms. The molecule has 0 aromatic heterocycles. The van der Waals surface area contributed by atoms with Crippen LogP contribution in [0.4, 0.5) is 9.18 Å². The van der Waals surface area contributed by atoms with Gasteiger partial charge in [0.25, 0.3) is 0 Å². The molecule has 0 aliphatic carbocycles. The van der Waals surface area contributed by atoms with Gasteiger partial charge in [-0.2, -0.15) is 0 Å². The van der Waals surface area contributed by atoms with Crippen molar-refractivity contribution in [3.8, 4) is 0 Å². The van der Waals surface area contributed by atoms with Crippen molar-refractivity contribution in [3.63, 3.8) is 0 Å². The summed E-state index contributed by atoms with van der Waals surface area (Å²) < 4.78 is 12.5. The molecule has 1 rings (SSSR count). The van der Waals surface area contributed by atoms with Crippen molar-refractivity contribution in [1.82, 2.24) is 4.90 Å². The molecule has 1 aromatic carbocycles. The zero-order valence-corrected chi connectivity index (χ0v) is 8.11. The molecule has 1 aromatic rings. The number of likely N-dealkylation sites (N-methyl/N-ethyl adjacent to an activating group) is 1. The Balaban J connectivity index is 2.69. The lowest BCUT2D eigenvalue weighted by atomic mass is 10.1. The zero-order valence-electron chi connectivity index (χ0n) is 8.11. The van der Waals surface area contributed by atoms with Crippen LogP contribution in [0.15, 0.2) is 24.3 Å². The highest BCUT2D eigenvalue weighted by molar-refractivity contribution is 5.98. The second kappa shape index (κ2) is 4.54. The van der Waals surface area contributed by atoms with Crippen LogP contribution in [0, 0.1) is 5.82 Å². The Morgan fingerprint density at radius 2 is 1.87 bits per heavy atom. The second-order valence-corrected chi connectivity index (χ2v) is 3.07. The summed E-state index contributed by atoms with van der Waals surface area (Å²) in [6.45, 7) is -0.235. The lowest BCUT2D eigenvalue weighted by Gasteiger charge is -2.11. The third-order valence-electron chi connectivity index (χ3n) is 1.87. The van der Waals surface area contributed by atoms with Gasteiger partial charge < -0.3 is 10.0 Å². The van der Waals surface area contributed by atoms with Crippen LogP contribution in [0.3, 0.4) is 0 Å². The van der Waals surface area contributed by atoms with Gasteiger partial charge in [-0.05, 0) is 24.3 Å². The number of amides is 1. The number of carboxylic acid groups (broad SMARTS) is 1. The van der Waals surface area contributed by atoms with Crippen LogP contribution in [0.5, 0.6) is 0 Å². The first-order valence-electron chi connectivity index (χ1n) is 4.23. The van der Waals surface area contributed by atoms with E-state index in [0.717, 1.165) is 17.0 Å². The number of hydrogen-bond acceptors (Lipinski definition) is 2. The molecule has 1 N–H and O–H groups in total. The standard InChI is InChI=1S/C10H10FNO3/c1-12(10(14)15)6-9(13)7-2-4-8(11)5-3-7/h2-5H,6H2,1H3,(H,14,15). The largest absolute Gasteiger partial charge is 0.465 e. The van der Waals surface area contributed by atoms with E-state index < -0.39 is 11.9 Å². The fourth-order valence-electron chi connectivity index (χ4n) is 1.01. The van der Waals surface area contributed by atoms with E-state index >= 15 is 0 Å². The molecule has 4 nitrogen and oxygen atoms in total. The van der Waals surface area contributed by atoms with Gasteiger partial charge in [0, 0.05) is 12.6 Å². The monoisotopic (exact) mass is 211 g/mol. The van der Waals surface area contributed by atoms with Crippen molar-refractivity contribution < 1.29 is 19.1 Å². The summed E-state index contributed by atoms with van der Waals surface area (Å²) in [7, 11) is 1.30. The van der Waals surface area contributed by atoms with Crippen molar-refractivity contribution in [2.24, 2.45) is 0 Å². The van der Waals surface area contributed by atoms with Gasteiger partial charge >= 0.3 is 6.09 Å².